The van der Waals surface area contributed by atoms with E-state index in [1.165, 1.54) is 17.6 Å². The predicted molar refractivity (Wildman–Crippen MR) is 96.1 cm³/mol. The highest BCUT2D eigenvalue weighted by molar-refractivity contribution is 9.24. The molecule has 0 fully saturated rings. The van der Waals surface area contributed by atoms with Gasteiger partial charge in [0.1, 0.15) is 9.43 Å². The molecular weight excluding hydrogens is 491 g/mol. The predicted octanol–water partition coefficient (Wildman–Crippen LogP) is 3.95. The molecule has 0 saturated carbocycles. The number of rotatable bonds is 2. The Morgan fingerprint density at radius 1 is 1.20 bits per heavy atom. The van der Waals surface area contributed by atoms with Crippen molar-refractivity contribution in [2.45, 2.75) is 9.91 Å². The second-order valence-electron chi connectivity index (χ2n) is 5.09. The number of benzene rings is 1. The molecule has 0 N–H and O–H groups in total. The van der Waals surface area contributed by atoms with Crippen molar-refractivity contribution in [2.75, 3.05) is 0 Å². The summed E-state index contributed by atoms with van der Waals surface area (Å²) in [6.45, 7) is 0. The molecule has 5 nitrogen and oxygen atoms in total. The Morgan fingerprint density at radius 3 is 2.48 bits per heavy atom. The number of hydrogen-bond acceptors (Lipinski definition) is 4. The topological polar surface area (TPSA) is 56.9 Å². The molecule has 0 radical (unpaired) electrons. The minimum atomic E-state index is -4.79. The fourth-order valence-corrected chi connectivity index (χ4v) is 4.14. The van der Waals surface area contributed by atoms with Crippen molar-refractivity contribution in [2.24, 2.45) is 7.05 Å². The minimum Gasteiger partial charge on any atom is -0.292 e. The van der Waals surface area contributed by atoms with E-state index in [0.29, 0.717) is 26.3 Å². The minimum absolute atomic E-state index is 0.175. The Balaban J connectivity index is 2.29. The van der Waals surface area contributed by atoms with E-state index < -0.39 is 23.1 Å². The van der Waals surface area contributed by atoms with E-state index in [9.17, 15) is 22.8 Å². The number of hydrogen-bond donors (Lipinski definition) is 0. The Hall–Kier alpha value is -1.46. The van der Waals surface area contributed by atoms with Crippen LogP contribution in [0.2, 0.25) is 0 Å². The average molecular weight is 499 g/mol. The molecule has 0 aliphatic rings. The lowest BCUT2D eigenvalue weighted by Crippen LogP contribution is -2.40. The zero-order valence-corrected chi connectivity index (χ0v) is 16.3. The second-order valence-corrected chi connectivity index (χ2v) is 8.96. The van der Waals surface area contributed by atoms with E-state index in [-0.39, 0.29) is 9.42 Å². The lowest BCUT2D eigenvalue weighted by atomic mass is 10.2. The molecule has 132 valence electrons. The maximum absolute atomic E-state index is 12.9. The molecule has 0 unspecified atom stereocenters. The molecule has 25 heavy (non-hydrogen) atoms. The Bertz CT molecular complexity index is 1090. The third kappa shape index (κ3) is 3.20. The molecular formula is C14H8Br2F3N3O2S. The van der Waals surface area contributed by atoms with Crippen molar-refractivity contribution in [3.8, 4) is 5.69 Å². The first kappa shape index (κ1) is 18.3. The molecule has 0 saturated heterocycles. The highest BCUT2D eigenvalue weighted by Gasteiger charge is 2.35. The smallest absolute Gasteiger partial charge is 0.292 e. The van der Waals surface area contributed by atoms with E-state index in [2.05, 4.69) is 36.2 Å². The van der Waals surface area contributed by atoms with Crippen molar-refractivity contribution in [3.05, 3.63) is 56.5 Å². The quantitative estimate of drug-likeness (QED) is 0.503. The molecule has 0 atom stereocenters. The van der Waals surface area contributed by atoms with Crippen molar-refractivity contribution < 1.29 is 13.2 Å². The number of fused-ring (bicyclic) bond motifs is 1. The van der Waals surface area contributed by atoms with Crippen LogP contribution in [-0.4, -0.2) is 13.5 Å². The van der Waals surface area contributed by atoms with Gasteiger partial charge in [-0.2, -0.15) is 17.5 Å². The van der Waals surface area contributed by atoms with Gasteiger partial charge in [-0.1, -0.05) is 31.9 Å². The van der Waals surface area contributed by atoms with Crippen LogP contribution in [0.15, 0.2) is 33.9 Å². The Morgan fingerprint density at radius 2 is 1.88 bits per heavy atom. The molecule has 0 bridgehead atoms. The summed E-state index contributed by atoms with van der Waals surface area (Å²) in [6.07, 6.45) is -4.79. The van der Waals surface area contributed by atoms with Gasteiger partial charge in [-0.25, -0.2) is 9.36 Å². The summed E-state index contributed by atoms with van der Waals surface area (Å²) in [7, 11) is 0.976. The SMILES string of the molecule is Cn1c(C(F)(F)F)cc(=O)n(-c2ccc3snc(C(Br)Br)c3c2)c1=O. The Labute approximate surface area is 159 Å². The van der Waals surface area contributed by atoms with Crippen LogP contribution in [0.4, 0.5) is 13.2 Å². The summed E-state index contributed by atoms with van der Waals surface area (Å²) < 4.78 is 44.7. The van der Waals surface area contributed by atoms with Gasteiger partial charge >= 0.3 is 11.9 Å². The highest BCUT2D eigenvalue weighted by atomic mass is 79.9. The second kappa shape index (κ2) is 6.36. The normalized spacial score (nSPS) is 12.3. The molecule has 2 aromatic heterocycles. The largest absolute Gasteiger partial charge is 0.431 e. The third-order valence-electron chi connectivity index (χ3n) is 3.56. The summed E-state index contributed by atoms with van der Waals surface area (Å²) in [4.78, 5) is 24.5. The average Bonchev–Trinajstić information content (AvgIpc) is 2.93. The molecule has 0 spiro atoms. The van der Waals surface area contributed by atoms with Gasteiger partial charge in [0.2, 0.25) is 0 Å². The fraction of sp³-hybridized carbons (Fsp3) is 0.214. The van der Waals surface area contributed by atoms with E-state index in [1.807, 2.05) is 0 Å². The van der Waals surface area contributed by atoms with E-state index in [4.69, 9.17) is 0 Å². The zero-order valence-electron chi connectivity index (χ0n) is 12.3. The van der Waals surface area contributed by atoms with Crippen LogP contribution in [0.3, 0.4) is 0 Å². The number of nitrogens with zero attached hydrogens (tertiary/aromatic N) is 3. The third-order valence-corrected chi connectivity index (χ3v) is 5.26. The maximum Gasteiger partial charge on any atom is 0.431 e. The van der Waals surface area contributed by atoms with Crippen LogP contribution in [0.5, 0.6) is 0 Å². The van der Waals surface area contributed by atoms with Crippen molar-refractivity contribution in [1.29, 1.82) is 0 Å². The van der Waals surface area contributed by atoms with Crippen LogP contribution in [0.25, 0.3) is 15.8 Å². The van der Waals surface area contributed by atoms with Gasteiger partial charge in [-0.15, -0.1) is 0 Å². The van der Waals surface area contributed by atoms with Gasteiger partial charge in [-0.3, -0.25) is 9.36 Å². The summed E-state index contributed by atoms with van der Waals surface area (Å²) in [5.41, 5.74) is -2.59. The molecule has 1 aromatic carbocycles. The van der Waals surface area contributed by atoms with Gasteiger partial charge in [-0.05, 0) is 29.7 Å². The lowest BCUT2D eigenvalue weighted by Gasteiger charge is -2.14. The van der Waals surface area contributed by atoms with Crippen LogP contribution >= 0.6 is 43.4 Å². The van der Waals surface area contributed by atoms with Gasteiger partial charge < -0.3 is 0 Å². The maximum atomic E-state index is 12.9. The first-order valence-electron chi connectivity index (χ1n) is 6.69. The highest BCUT2D eigenvalue weighted by Crippen LogP contribution is 2.36. The van der Waals surface area contributed by atoms with Gasteiger partial charge in [0.05, 0.1) is 16.1 Å². The summed E-state index contributed by atoms with van der Waals surface area (Å²) in [5, 5.41) is 0.690. The van der Waals surface area contributed by atoms with Crippen molar-refractivity contribution in [1.82, 2.24) is 13.5 Å². The molecule has 2 heterocycles. The summed E-state index contributed by atoms with van der Waals surface area (Å²) in [6, 6.07) is 5.13. The summed E-state index contributed by atoms with van der Waals surface area (Å²) >= 11 is 7.91. The van der Waals surface area contributed by atoms with Crippen molar-refractivity contribution in [3.63, 3.8) is 0 Å². The van der Waals surface area contributed by atoms with Gasteiger partial charge in [0.15, 0.2) is 0 Å². The molecule has 0 aliphatic carbocycles. The van der Waals surface area contributed by atoms with Crippen LogP contribution < -0.4 is 11.2 Å². The molecule has 0 amide bonds. The molecule has 11 heteroatoms. The van der Waals surface area contributed by atoms with E-state index in [0.717, 1.165) is 11.7 Å². The van der Waals surface area contributed by atoms with Gasteiger partial charge in [0.25, 0.3) is 5.56 Å². The molecule has 3 aromatic rings. The fourth-order valence-electron chi connectivity index (χ4n) is 2.38. The Kier molecular flexibility index (Phi) is 4.67. The first-order chi connectivity index (χ1) is 11.6. The molecule has 0 aliphatic heterocycles. The molecule has 3 rings (SSSR count). The number of alkyl halides is 5. The number of aromatic nitrogens is 3. The van der Waals surface area contributed by atoms with Crippen molar-refractivity contribution >= 4 is 53.5 Å². The summed E-state index contributed by atoms with van der Waals surface area (Å²) in [5.74, 6) is 0. The van der Waals surface area contributed by atoms with Crippen LogP contribution in [0.1, 0.15) is 15.1 Å². The standard InChI is InChI=1S/C14H8Br2F3N3O2S/c1-21-9(14(17,18)19)5-10(23)22(13(21)24)6-2-3-8-7(4-6)11(12(15)16)20-25-8/h2-5,12H,1H3. The van der Waals surface area contributed by atoms with E-state index >= 15 is 0 Å². The van der Waals surface area contributed by atoms with E-state index in [1.54, 1.807) is 12.1 Å². The van der Waals surface area contributed by atoms with Crippen LogP contribution in [0, 0.1) is 0 Å². The number of halogens is 5. The monoisotopic (exact) mass is 497 g/mol. The van der Waals surface area contributed by atoms with Crippen LogP contribution in [-0.2, 0) is 13.2 Å². The van der Waals surface area contributed by atoms with Gasteiger partial charge in [0, 0.05) is 18.5 Å². The zero-order chi connectivity index (χ0) is 18.5. The lowest BCUT2D eigenvalue weighted by molar-refractivity contribution is -0.144. The first-order valence-corrected chi connectivity index (χ1v) is 9.30.